The third-order valence-electron chi connectivity index (χ3n) is 4.04. The molecule has 28 heavy (non-hydrogen) atoms. The van der Waals surface area contributed by atoms with Gasteiger partial charge >= 0.3 is 0 Å². The fourth-order valence-corrected chi connectivity index (χ4v) is 3.55. The molecule has 144 valence electrons. The summed E-state index contributed by atoms with van der Waals surface area (Å²) in [6, 6.07) is 10.7. The Morgan fingerprint density at radius 2 is 1.96 bits per heavy atom. The molecule has 6 nitrogen and oxygen atoms in total. The largest absolute Gasteiger partial charge is 0.354 e. The van der Waals surface area contributed by atoms with Crippen molar-refractivity contribution < 1.29 is 14.4 Å². The second kappa shape index (κ2) is 9.03. The number of hydrogen-bond acceptors (Lipinski definition) is 5. The number of amides is 3. The molecule has 0 radical (unpaired) electrons. The van der Waals surface area contributed by atoms with E-state index >= 15 is 0 Å². The predicted octanol–water partition coefficient (Wildman–Crippen LogP) is 3.44. The van der Waals surface area contributed by atoms with Crippen molar-refractivity contribution in [1.82, 2.24) is 15.2 Å². The van der Waals surface area contributed by atoms with Crippen molar-refractivity contribution in [2.45, 2.75) is 13.3 Å². The minimum absolute atomic E-state index is 0.126. The van der Waals surface area contributed by atoms with Crippen LogP contribution in [0.2, 0.25) is 5.02 Å². The SMILES string of the molecule is Cc1ccc(CC(=O)NCCN2C(=O)S/C(=C/c3ccc(Cl)cc3)C2=O)cn1. The Bertz CT molecular complexity index is 927. The zero-order chi connectivity index (χ0) is 20.1. The first kappa shape index (κ1) is 20.1. The Labute approximate surface area is 172 Å². The van der Waals surface area contributed by atoms with Gasteiger partial charge in [0.05, 0.1) is 11.3 Å². The van der Waals surface area contributed by atoms with Crippen molar-refractivity contribution >= 4 is 46.5 Å². The Balaban J connectivity index is 1.52. The van der Waals surface area contributed by atoms with Crippen molar-refractivity contribution in [3.63, 3.8) is 0 Å². The number of imide groups is 1. The minimum atomic E-state index is -0.359. The molecule has 1 aliphatic heterocycles. The minimum Gasteiger partial charge on any atom is -0.354 e. The summed E-state index contributed by atoms with van der Waals surface area (Å²) in [6.45, 7) is 2.20. The van der Waals surface area contributed by atoms with Crippen molar-refractivity contribution in [1.29, 1.82) is 0 Å². The molecule has 0 spiro atoms. The lowest BCUT2D eigenvalue weighted by atomic mass is 10.2. The van der Waals surface area contributed by atoms with E-state index in [1.54, 1.807) is 36.5 Å². The topological polar surface area (TPSA) is 79.4 Å². The van der Waals surface area contributed by atoms with Crippen LogP contribution >= 0.6 is 23.4 Å². The van der Waals surface area contributed by atoms with Gasteiger partial charge in [0, 0.05) is 30.0 Å². The van der Waals surface area contributed by atoms with Crippen LogP contribution in [0.25, 0.3) is 6.08 Å². The first-order valence-corrected chi connectivity index (χ1v) is 9.81. The van der Waals surface area contributed by atoms with Crippen molar-refractivity contribution in [3.8, 4) is 0 Å². The summed E-state index contributed by atoms with van der Waals surface area (Å²) in [5.41, 5.74) is 2.48. The molecule has 1 aliphatic rings. The Morgan fingerprint density at radius 1 is 1.21 bits per heavy atom. The summed E-state index contributed by atoms with van der Waals surface area (Å²) in [5.74, 6) is -0.545. The number of benzene rings is 1. The maximum Gasteiger partial charge on any atom is 0.293 e. The fraction of sp³-hybridized carbons (Fsp3) is 0.200. The summed E-state index contributed by atoms with van der Waals surface area (Å²) in [7, 11) is 0. The molecule has 2 aromatic rings. The molecular weight excluding hydrogens is 398 g/mol. The van der Waals surface area contributed by atoms with Crippen LogP contribution in [0.5, 0.6) is 0 Å². The standard InChI is InChI=1S/C20H18ClN3O3S/c1-13-2-3-15(12-23-13)11-18(25)22-8-9-24-19(26)17(28-20(24)27)10-14-4-6-16(21)7-5-14/h2-7,10,12H,8-9,11H2,1H3,(H,22,25)/b17-10+. The van der Waals surface area contributed by atoms with Crippen LogP contribution in [-0.4, -0.2) is 40.0 Å². The van der Waals surface area contributed by atoms with Crippen molar-refractivity contribution in [2.24, 2.45) is 0 Å². The number of rotatable bonds is 6. The van der Waals surface area contributed by atoms with Gasteiger partial charge in [-0.15, -0.1) is 0 Å². The van der Waals surface area contributed by atoms with Crippen LogP contribution in [-0.2, 0) is 16.0 Å². The number of carbonyl (C=O) groups is 3. The van der Waals surface area contributed by atoms with E-state index in [0.29, 0.717) is 9.93 Å². The number of nitrogens with zero attached hydrogens (tertiary/aromatic N) is 2. The van der Waals surface area contributed by atoms with Gasteiger partial charge in [0.2, 0.25) is 5.91 Å². The van der Waals surface area contributed by atoms with Crippen LogP contribution in [0.4, 0.5) is 4.79 Å². The number of aromatic nitrogens is 1. The van der Waals surface area contributed by atoms with Crippen LogP contribution in [0, 0.1) is 6.92 Å². The Hall–Kier alpha value is -2.64. The van der Waals surface area contributed by atoms with Gasteiger partial charge in [-0.1, -0.05) is 29.8 Å². The highest BCUT2D eigenvalue weighted by molar-refractivity contribution is 8.18. The second-order valence-corrected chi connectivity index (χ2v) is 7.65. The maximum absolute atomic E-state index is 12.5. The number of aryl methyl sites for hydroxylation is 1. The number of carbonyl (C=O) groups excluding carboxylic acids is 3. The number of thioether (sulfide) groups is 1. The molecule has 0 aliphatic carbocycles. The van der Waals surface area contributed by atoms with Gasteiger partial charge in [-0.25, -0.2) is 0 Å². The molecule has 1 saturated heterocycles. The fourth-order valence-electron chi connectivity index (χ4n) is 2.56. The highest BCUT2D eigenvalue weighted by Gasteiger charge is 2.34. The van der Waals surface area contributed by atoms with Crippen LogP contribution in [0.3, 0.4) is 0 Å². The van der Waals surface area contributed by atoms with Gasteiger partial charge in [0.25, 0.3) is 11.1 Å². The molecule has 3 amide bonds. The average molecular weight is 416 g/mol. The third kappa shape index (κ3) is 5.21. The molecule has 0 bridgehead atoms. The number of pyridine rings is 1. The molecule has 2 heterocycles. The Morgan fingerprint density at radius 3 is 2.64 bits per heavy atom. The van der Waals surface area contributed by atoms with Crippen LogP contribution < -0.4 is 5.32 Å². The van der Waals surface area contributed by atoms with Gasteiger partial charge < -0.3 is 5.32 Å². The van der Waals surface area contributed by atoms with Crippen LogP contribution in [0.1, 0.15) is 16.8 Å². The quantitative estimate of drug-likeness (QED) is 0.731. The summed E-state index contributed by atoms with van der Waals surface area (Å²) >= 11 is 6.74. The predicted molar refractivity (Wildman–Crippen MR) is 110 cm³/mol. The summed E-state index contributed by atoms with van der Waals surface area (Å²) in [4.78, 5) is 42.2. The molecule has 8 heteroatoms. The highest BCUT2D eigenvalue weighted by Crippen LogP contribution is 2.32. The summed E-state index contributed by atoms with van der Waals surface area (Å²) in [6.07, 6.45) is 3.52. The molecular formula is C20H18ClN3O3S. The van der Waals surface area contributed by atoms with Crippen LogP contribution in [0.15, 0.2) is 47.5 Å². The molecule has 0 atom stereocenters. The third-order valence-corrected chi connectivity index (χ3v) is 5.20. The summed E-state index contributed by atoms with van der Waals surface area (Å²) in [5, 5.41) is 2.98. The number of halogens is 1. The van der Waals surface area contributed by atoms with E-state index in [4.69, 9.17) is 11.6 Å². The first-order chi connectivity index (χ1) is 13.4. The number of hydrogen-bond donors (Lipinski definition) is 1. The average Bonchev–Trinajstić information content (AvgIpc) is 2.93. The zero-order valence-electron chi connectivity index (χ0n) is 15.1. The van der Waals surface area contributed by atoms with E-state index in [9.17, 15) is 14.4 Å². The lowest BCUT2D eigenvalue weighted by Crippen LogP contribution is -2.37. The second-order valence-electron chi connectivity index (χ2n) is 6.22. The van der Waals surface area contributed by atoms with Gasteiger partial charge in [-0.05, 0) is 54.1 Å². The number of nitrogens with one attached hydrogen (secondary N) is 1. The van der Waals surface area contributed by atoms with Gasteiger partial charge in [0.15, 0.2) is 0 Å². The normalized spacial score (nSPS) is 15.4. The summed E-state index contributed by atoms with van der Waals surface area (Å²) < 4.78 is 0. The highest BCUT2D eigenvalue weighted by atomic mass is 35.5. The van der Waals surface area contributed by atoms with Gasteiger partial charge in [-0.3, -0.25) is 24.3 Å². The first-order valence-electron chi connectivity index (χ1n) is 8.61. The smallest absolute Gasteiger partial charge is 0.293 e. The molecule has 0 saturated carbocycles. The van der Waals surface area contributed by atoms with Crippen molar-refractivity contribution in [3.05, 3.63) is 69.3 Å². The van der Waals surface area contributed by atoms with E-state index in [1.165, 1.54) is 0 Å². The molecule has 1 aromatic heterocycles. The maximum atomic E-state index is 12.5. The lowest BCUT2D eigenvalue weighted by molar-refractivity contribution is -0.124. The van der Waals surface area contributed by atoms with E-state index in [2.05, 4.69) is 10.3 Å². The zero-order valence-corrected chi connectivity index (χ0v) is 16.7. The van der Waals surface area contributed by atoms with E-state index in [1.807, 2.05) is 19.1 Å². The lowest BCUT2D eigenvalue weighted by Gasteiger charge is -2.13. The van der Waals surface area contributed by atoms with Gasteiger partial charge in [0.1, 0.15) is 0 Å². The van der Waals surface area contributed by atoms with Gasteiger partial charge in [-0.2, -0.15) is 0 Å². The molecule has 0 unspecified atom stereocenters. The molecule has 3 rings (SSSR count). The van der Waals surface area contributed by atoms with Crippen molar-refractivity contribution in [2.75, 3.05) is 13.1 Å². The molecule has 1 fully saturated rings. The monoisotopic (exact) mass is 415 g/mol. The van der Waals surface area contributed by atoms with E-state index in [-0.39, 0.29) is 36.6 Å². The molecule has 1 N–H and O–H groups in total. The molecule has 1 aromatic carbocycles. The Kier molecular flexibility index (Phi) is 6.49. The van der Waals surface area contributed by atoms with E-state index in [0.717, 1.165) is 33.5 Å². The van der Waals surface area contributed by atoms with E-state index < -0.39 is 0 Å².